The van der Waals surface area contributed by atoms with E-state index in [-0.39, 0.29) is 0 Å². The van der Waals surface area contributed by atoms with Crippen LogP contribution in [0, 0.1) is 6.92 Å². The number of hydrogen-bond acceptors (Lipinski definition) is 1. The van der Waals surface area contributed by atoms with Crippen LogP contribution in [0.15, 0.2) is 37.6 Å². The van der Waals surface area contributed by atoms with E-state index < -0.39 is 0 Å². The minimum Gasteiger partial charge on any atom is -0.342 e. The number of H-pyrrole nitrogens is 1. The van der Waals surface area contributed by atoms with E-state index in [0.29, 0.717) is 0 Å². The van der Waals surface area contributed by atoms with Gasteiger partial charge in [0.1, 0.15) is 5.82 Å². The van der Waals surface area contributed by atoms with E-state index in [1.165, 1.54) is 0 Å². The predicted molar refractivity (Wildman–Crippen MR) is 68.9 cm³/mol. The van der Waals surface area contributed by atoms with Gasteiger partial charge in [0.25, 0.3) is 0 Å². The summed E-state index contributed by atoms with van der Waals surface area (Å²) in [5, 5.41) is 0. The maximum atomic E-state index is 4.21. The summed E-state index contributed by atoms with van der Waals surface area (Å²) in [6.07, 6.45) is 5.52. The van der Waals surface area contributed by atoms with E-state index >= 15 is 0 Å². The second-order valence-electron chi connectivity index (χ2n) is 3.60. The quantitative estimate of drug-likeness (QED) is 0.822. The van der Waals surface area contributed by atoms with E-state index in [1.54, 1.807) is 0 Å². The molecule has 2 aromatic rings. The fourth-order valence-corrected chi connectivity index (χ4v) is 1.78. The van der Waals surface area contributed by atoms with Gasteiger partial charge in [0.2, 0.25) is 0 Å². The third kappa shape index (κ3) is 1.70. The molecule has 1 aromatic heterocycles. The number of rotatable bonds is 3. The Morgan fingerprint density at radius 2 is 2.06 bits per heavy atom. The molecule has 0 radical (unpaired) electrons. The molecule has 0 bridgehead atoms. The van der Waals surface area contributed by atoms with E-state index in [9.17, 15) is 0 Å². The fourth-order valence-electron chi connectivity index (χ4n) is 1.78. The Bertz CT molecular complexity index is 535. The van der Waals surface area contributed by atoms with Crippen LogP contribution in [0.2, 0.25) is 0 Å². The molecule has 0 fully saturated rings. The van der Waals surface area contributed by atoms with Crippen molar-refractivity contribution in [2.45, 2.75) is 6.92 Å². The molecule has 1 aromatic carbocycles. The lowest BCUT2D eigenvalue weighted by atomic mass is 9.99. The van der Waals surface area contributed by atoms with E-state index in [4.69, 9.17) is 0 Å². The molecule has 0 saturated heterocycles. The summed E-state index contributed by atoms with van der Waals surface area (Å²) >= 11 is 0. The molecular weight excluding hydrogens is 196 g/mol. The molecule has 0 amide bonds. The molecule has 2 nitrogen and oxygen atoms in total. The summed E-state index contributed by atoms with van der Waals surface area (Å²) in [4.78, 5) is 7.43. The molecular formula is C14H14N2. The van der Waals surface area contributed by atoms with Crippen LogP contribution in [0.3, 0.4) is 0 Å². The molecule has 2 heteroatoms. The Morgan fingerprint density at radius 3 is 2.62 bits per heavy atom. The van der Waals surface area contributed by atoms with Gasteiger partial charge >= 0.3 is 0 Å². The Kier molecular flexibility index (Phi) is 2.73. The first-order valence-corrected chi connectivity index (χ1v) is 5.16. The molecule has 0 atom stereocenters. The second kappa shape index (κ2) is 4.19. The van der Waals surface area contributed by atoms with Gasteiger partial charge in [0.05, 0.1) is 11.9 Å². The van der Waals surface area contributed by atoms with Gasteiger partial charge in [-0.2, -0.15) is 0 Å². The third-order valence-electron chi connectivity index (χ3n) is 2.56. The van der Waals surface area contributed by atoms with Gasteiger partial charge in [-0.1, -0.05) is 43.5 Å². The Labute approximate surface area is 95.4 Å². The van der Waals surface area contributed by atoms with Crippen LogP contribution in [-0.4, -0.2) is 9.97 Å². The van der Waals surface area contributed by atoms with Crippen LogP contribution < -0.4 is 0 Å². The van der Waals surface area contributed by atoms with E-state index in [2.05, 4.69) is 29.2 Å². The highest BCUT2D eigenvalue weighted by Gasteiger charge is 2.07. The van der Waals surface area contributed by atoms with Crippen LogP contribution >= 0.6 is 0 Å². The lowest BCUT2D eigenvalue weighted by Crippen LogP contribution is -1.87. The lowest BCUT2D eigenvalue weighted by molar-refractivity contribution is 1.15. The monoisotopic (exact) mass is 210 g/mol. The maximum absolute atomic E-state index is 4.21. The highest BCUT2D eigenvalue weighted by atomic mass is 14.9. The molecule has 0 spiro atoms. The van der Waals surface area contributed by atoms with Gasteiger partial charge in [-0.05, 0) is 18.1 Å². The molecule has 1 heterocycles. The number of aryl methyl sites for hydroxylation is 1. The molecule has 80 valence electrons. The van der Waals surface area contributed by atoms with Gasteiger partial charge < -0.3 is 4.98 Å². The van der Waals surface area contributed by atoms with Crippen LogP contribution in [0.4, 0.5) is 0 Å². The zero-order valence-corrected chi connectivity index (χ0v) is 9.33. The Balaban J connectivity index is 2.64. The maximum Gasteiger partial charge on any atom is 0.103 e. The summed E-state index contributed by atoms with van der Waals surface area (Å²) in [6, 6.07) is 6.09. The van der Waals surface area contributed by atoms with Crippen molar-refractivity contribution in [2.75, 3.05) is 0 Å². The molecule has 0 saturated carbocycles. The molecule has 0 aliphatic heterocycles. The van der Waals surface area contributed by atoms with Crippen molar-refractivity contribution >= 4 is 12.2 Å². The van der Waals surface area contributed by atoms with Crippen LogP contribution in [0.5, 0.6) is 0 Å². The van der Waals surface area contributed by atoms with Crippen molar-refractivity contribution in [3.05, 3.63) is 54.5 Å². The number of nitrogens with zero attached hydrogens (tertiary/aromatic N) is 1. The van der Waals surface area contributed by atoms with Crippen molar-refractivity contribution in [1.29, 1.82) is 0 Å². The second-order valence-corrected chi connectivity index (χ2v) is 3.60. The Hall–Kier alpha value is -2.09. The molecule has 1 N–H and O–H groups in total. The molecule has 16 heavy (non-hydrogen) atoms. The van der Waals surface area contributed by atoms with Crippen molar-refractivity contribution in [3.8, 4) is 11.3 Å². The fraction of sp³-hybridized carbons (Fsp3) is 0.0714. The van der Waals surface area contributed by atoms with Gasteiger partial charge in [0.15, 0.2) is 0 Å². The van der Waals surface area contributed by atoms with Gasteiger partial charge in [0, 0.05) is 5.56 Å². The molecule has 0 aliphatic carbocycles. The normalized spacial score (nSPS) is 10.1. The topological polar surface area (TPSA) is 28.7 Å². The first-order valence-electron chi connectivity index (χ1n) is 5.16. The summed E-state index contributed by atoms with van der Waals surface area (Å²) in [7, 11) is 0. The first-order chi connectivity index (χ1) is 7.76. The predicted octanol–water partition coefficient (Wildman–Crippen LogP) is 3.67. The highest BCUT2D eigenvalue weighted by Crippen LogP contribution is 2.26. The number of benzene rings is 1. The van der Waals surface area contributed by atoms with Crippen molar-refractivity contribution in [3.63, 3.8) is 0 Å². The zero-order valence-electron chi connectivity index (χ0n) is 9.33. The van der Waals surface area contributed by atoms with Crippen LogP contribution in [0.25, 0.3) is 23.4 Å². The molecule has 2 rings (SSSR count). The molecule has 0 unspecified atom stereocenters. The first kappa shape index (κ1) is 10.4. The number of aromatic nitrogens is 2. The summed E-state index contributed by atoms with van der Waals surface area (Å²) in [5.74, 6) is 0.911. The third-order valence-corrected chi connectivity index (χ3v) is 2.56. The van der Waals surface area contributed by atoms with Crippen molar-refractivity contribution in [1.82, 2.24) is 9.97 Å². The zero-order chi connectivity index (χ0) is 11.5. The van der Waals surface area contributed by atoms with Gasteiger partial charge in [-0.3, -0.25) is 0 Å². The van der Waals surface area contributed by atoms with Crippen LogP contribution in [-0.2, 0) is 0 Å². The van der Waals surface area contributed by atoms with Gasteiger partial charge in [-0.25, -0.2) is 4.98 Å². The Morgan fingerprint density at radius 1 is 1.25 bits per heavy atom. The summed E-state index contributed by atoms with van der Waals surface area (Å²) in [6.45, 7) is 9.60. The van der Waals surface area contributed by atoms with E-state index in [0.717, 1.165) is 28.2 Å². The van der Waals surface area contributed by atoms with E-state index in [1.807, 2.05) is 37.4 Å². The minimum absolute atomic E-state index is 0.911. The number of imidazole rings is 1. The van der Waals surface area contributed by atoms with Crippen molar-refractivity contribution in [2.24, 2.45) is 0 Å². The van der Waals surface area contributed by atoms with Gasteiger partial charge in [-0.15, -0.1) is 0 Å². The average Bonchev–Trinajstić information content (AvgIpc) is 2.74. The number of aromatic amines is 1. The molecule has 0 aliphatic rings. The minimum atomic E-state index is 0.911. The summed E-state index contributed by atoms with van der Waals surface area (Å²) < 4.78 is 0. The average molecular weight is 210 g/mol. The highest BCUT2D eigenvalue weighted by molar-refractivity contribution is 5.78. The number of hydrogen-bond donors (Lipinski definition) is 1. The van der Waals surface area contributed by atoms with Crippen molar-refractivity contribution < 1.29 is 0 Å². The largest absolute Gasteiger partial charge is 0.342 e. The summed E-state index contributed by atoms with van der Waals surface area (Å²) in [5.41, 5.74) is 4.28. The standard InChI is InChI=1S/C14H14N2/c1-4-11-7-6-8-13(12(11)5-2)14-9-15-10(3)16-14/h4-9H,1-2H2,3H3,(H,15,16). The SMILES string of the molecule is C=Cc1cccc(-c2cnc(C)[nH]2)c1C=C. The number of nitrogens with one attached hydrogen (secondary N) is 1. The lowest BCUT2D eigenvalue weighted by Gasteiger charge is -2.07. The smallest absolute Gasteiger partial charge is 0.103 e. The van der Waals surface area contributed by atoms with Crippen LogP contribution in [0.1, 0.15) is 17.0 Å².